The zero-order chi connectivity index (χ0) is 18.0. The molecule has 0 radical (unpaired) electrons. The third kappa shape index (κ3) is 4.11. The summed E-state index contributed by atoms with van der Waals surface area (Å²) in [4.78, 5) is 32.8. The van der Waals surface area contributed by atoms with Gasteiger partial charge in [0.15, 0.2) is 0 Å². The van der Waals surface area contributed by atoms with Gasteiger partial charge in [-0.25, -0.2) is 9.37 Å². The lowest BCUT2D eigenvalue weighted by atomic mass is 10.0. The molecule has 2 aromatic rings. The average Bonchev–Trinajstić information content (AvgIpc) is 2.56. The molecule has 1 amide bonds. The van der Waals surface area contributed by atoms with E-state index in [1.54, 1.807) is 24.8 Å². The molecule has 1 aromatic carbocycles. The number of halogens is 1. The molecule has 1 N–H and O–H groups in total. The molecule has 0 bridgehead atoms. The van der Waals surface area contributed by atoms with Gasteiger partial charge < -0.3 is 14.6 Å². The monoisotopic (exact) mass is 345 g/mol. The third-order valence-corrected chi connectivity index (χ3v) is 4.28. The molecule has 0 unspecified atom stereocenters. The minimum atomic E-state index is -0.423. The molecule has 2 heterocycles. The van der Waals surface area contributed by atoms with E-state index in [4.69, 9.17) is 4.74 Å². The summed E-state index contributed by atoms with van der Waals surface area (Å²) in [7, 11) is 0. The standard InChI is InChI=1S/C18H20FN3O3/c1-11-7-14(19)4-3-13(11)8-18(24)22-5-6-25-16(10-22)15-9-17(23)21-12(2)20-15/h3-4,7,9,16H,5-6,8,10H2,1-2H3,(H,20,21,23)/t16-/m0/s1. The SMILES string of the molecule is Cc1nc([C@@H]2CN(C(=O)Cc3ccc(F)cc3C)CCO2)cc(=O)[nH]1. The molecular formula is C18H20FN3O3. The van der Waals surface area contributed by atoms with Gasteiger partial charge in [0, 0.05) is 12.6 Å². The number of aromatic nitrogens is 2. The first kappa shape index (κ1) is 17.3. The molecule has 1 aromatic heterocycles. The Morgan fingerprint density at radius 1 is 1.40 bits per heavy atom. The number of amides is 1. The van der Waals surface area contributed by atoms with Crippen molar-refractivity contribution in [3.05, 3.63) is 63.1 Å². The highest BCUT2D eigenvalue weighted by atomic mass is 19.1. The Labute approximate surface area is 144 Å². The summed E-state index contributed by atoms with van der Waals surface area (Å²) in [6.45, 7) is 4.70. The molecule has 1 fully saturated rings. The Morgan fingerprint density at radius 3 is 2.92 bits per heavy atom. The maximum Gasteiger partial charge on any atom is 0.251 e. The van der Waals surface area contributed by atoms with Crippen LogP contribution in [0.3, 0.4) is 0 Å². The fourth-order valence-electron chi connectivity index (χ4n) is 2.95. The number of H-pyrrole nitrogens is 1. The normalized spacial score (nSPS) is 17.6. The first-order valence-electron chi connectivity index (χ1n) is 8.14. The van der Waals surface area contributed by atoms with Crippen molar-refractivity contribution in [3.63, 3.8) is 0 Å². The predicted octanol–water partition coefficient (Wildman–Crippen LogP) is 1.67. The fraction of sp³-hybridized carbons (Fsp3) is 0.389. The first-order valence-corrected chi connectivity index (χ1v) is 8.14. The number of nitrogens with zero attached hydrogens (tertiary/aromatic N) is 2. The molecule has 1 atom stereocenters. The van der Waals surface area contributed by atoms with Crippen LogP contribution in [0.25, 0.3) is 0 Å². The number of nitrogens with one attached hydrogen (secondary N) is 1. The first-order chi connectivity index (χ1) is 11.9. The molecule has 0 saturated carbocycles. The number of hydrogen-bond acceptors (Lipinski definition) is 4. The highest BCUT2D eigenvalue weighted by Crippen LogP contribution is 2.21. The van der Waals surface area contributed by atoms with E-state index in [0.29, 0.717) is 31.2 Å². The number of aryl methyl sites for hydroxylation is 2. The smallest absolute Gasteiger partial charge is 0.251 e. The van der Waals surface area contributed by atoms with Crippen LogP contribution in [0, 0.1) is 19.7 Å². The number of aromatic amines is 1. The van der Waals surface area contributed by atoms with E-state index in [1.807, 2.05) is 0 Å². The van der Waals surface area contributed by atoms with Crippen LogP contribution in [0.5, 0.6) is 0 Å². The lowest BCUT2D eigenvalue weighted by molar-refractivity contribution is -0.138. The van der Waals surface area contributed by atoms with Crippen molar-refractivity contribution < 1.29 is 13.9 Å². The zero-order valence-electron chi connectivity index (χ0n) is 14.2. The highest BCUT2D eigenvalue weighted by molar-refractivity contribution is 5.79. The topological polar surface area (TPSA) is 75.3 Å². The molecule has 0 aliphatic carbocycles. The summed E-state index contributed by atoms with van der Waals surface area (Å²) in [5.41, 5.74) is 1.85. The van der Waals surface area contributed by atoms with E-state index in [0.717, 1.165) is 11.1 Å². The fourth-order valence-corrected chi connectivity index (χ4v) is 2.95. The maximum atomic E-state index is 13.2. The molecular weight excluding hydrogens is 325 g/mol. The lowest BCUT2D eigenvalue weighted by Crippen LogP contribution is -2.43. The molecule has 1 aliphatic rings. The summed E-state index contributed by atoms with van der Waals surface area (Å²) in [6, 6.07) is 5.83. The second-order valence-corrected chi connectivity index (χ2v) is 6.20. The summed E-state index contributed by atoms with van der Waals surface area (Å²) in [6.07, 6.45) is -0.214. The van der Waals surface area contributed by atoms with Gasteiger partial charge >= 0.3 is 0 Å². The maximum absolute atomic E-state index is 13.2. The summed E-state index contributed by atoms with van der Waals surface area (Å²) < 4.78 is 18.9. The van der Waals surface area contributed by atoms with Crippen molar-refractivity contribution in [1.29, 1.82) is 0 Å². The lowest BCUT2D eigenvalue weighted by Gasteiger charge is -2.33. The number of rotatable bonds is 3. The molecule has 1 saturated heterocycles. The van der Waals surface area contributed by atoms with Gasteiger partial charge in [-0.2, -0.15) is 0 Å². The predicted molar refractivity (Wildman–Crippen MR) is 89.7 cm³/mol. The van der Waals surface area contributed by atoms with E-state index in [-0.39, 0.29) is 23.7 Å². The average molecular weight is 345 g/mol. The van der Waals surface area contributed by atoms with Crippen molar-refractivity contribution in [1.82, 2.24) is 14.9 Å². The molecule has 7 heteroatoms. The van der Waals surface area contributed by atoms with Crippen molar-refractivity contribution in [2.24, 2.45) is 0 Å². The summed E-state index contributed by atoms with van der Waals surface area (Å²) in [5, 5.41) is 0. The quantitative estimate of drug-likeness (QED) is 0.918. The number of carbonyl (C=O) groups excluding carboxylic acids is 1. The Hall–Kier alpha value is -2.54. The second-order valence-electron chi connectivity index (χ2n) is 6.20. The van der Waals surface area contributed by atoms with E-state index in [9.17, 15) is 14.0 Å². The number of carbonyl (C=O) groups is 1. The van der Waals surface area contributed by atoms with E-state index in [2.05, 4.69) is 9.97 Å². The van der Waals surface area contributed by atoms with Gasteiger partial charge in [-0.05, 0) is 37.1 Å². The van der Waals surface area contributed by atoms with Crippen LogP contribution in [0.15, 0.2) is 29.1 Å². The largest absolute Gasteiger partial charge is 0.368 e. The van der Waals surface area contributed by atoms with Crippen LogP contribution < -0.4 is 5.56 Å². The molecule has 6 nitrogen and oxygen atoms in total. The van der Waals surface area contributed by atoms with Gasteiger partial charge in [-0.15, -0.1) is 0 Å². The van der Waals surface area contributed by atoms with Crippen LogP contribution in [-0.2, 0) is 16.0 Å². The van der Waals surface area contributed by atoms with Gasteiger partial charge in [0.25, 0.3) is 5.56 Å². The Kier molecular flexibility index (Phi) is 4.94. The summed E-state index contributed by atoms with van der Waals surface area (Å²) in [5.74, 6) is 0.150. The van der Waals surface area contributed by atoms with Crippen molar-refractivity contribution in [2.45, 2.75) is 26.4 Å². The number of benzene rings is 1. The number of ether oxygens (including phenoxy) is 1. The molecule has 3 rings (SSSR count). The van der Waals surface area contributed by atoms with Crippen LogP contribution in [0.4, 0.5) is 4.39 Å². The zero-order valence-corrected chi connectivity index (χ0v) is 14.2. The van der Waals surface area contributed by atoms with Crippen LogP contribution in [0.1, 0.15) is 28.7 Å². The minimum Gasteiger partial charge on any atom is -0.368 e. The molecule has 0 spiro atoms. The van der Waals surface area contributed by atoms with Crippen LogP contribution >= 0.6 is 0 Å². The molecule has 1 aliphatic heterocycles. The van der Waals surface area contributed by atoms with E-state index >= 15 is 0 Å². The Morgan fingerprint density at radius 2 is 2.20 bits per heavy atom. The Balaban J connectivity index is 1.72. The Bertz CT molecular complexity index is 850. The highest BCUT2D eigenvalue weighted by Gasteiger charge is 2.27. The van der Waals surface area contributed by atoms with E-state index < -0.39 is 6.10 Å². The number of morpholine rings is 1. The number of hydrogen-bond donors (Lipinski definition) is 1. The van der Waals surface area contributed by atoms with Crippen molar-refractivity contribution in [3.8, 4) is 0 Å². The molecule has 132 valence electrons. The van der Waals surface area contributed by atoms with Crippen molar-refractivity contribution >= 4 is 5.91 Å². The second kappa shape index (κ2) is 7.14. The minimum absolute atomic E-state index is 0.0513. The third-order valence-electron chi connectivity index (χ3n) is 4.28. The van der Waals surface area contributed by atoms with Crippen molar-refractivity contribution in [2.75, 3.05) is 19.7 Å². The molecule has 25 heavy (non-hydrogen) atoms. The van der Waals surface area contributed by atoms with Crippen LogP contribution in [-0.4, -0.2) is 40.5 Å². The van der Waals surface area contributed by atoms with Gasteiger partial charge in [0.1, 0.15) is 17.7 Å². The van der Waals surface area contributed by atoms with Crippen LogP contribution in [0.2, 0.25) is 0 Å². The van der Waals surface area contributed by atoms with Gasteiger partial charge in [-0.1, -0.05) is 6.07 Å². The van der Waals surface area contributed by atoms with E-state index in [1.165, 1.54) is 18.2 Å². The van der Waals surface area contributed by atoms with Gasteiger partial charge in [-0.3, -0.25) is 9.59 Å². The van der Waals surface area contributed by atoms with Gasteiger partial charge in [0.2, 0.25) is 5.91 Å². The van der Waals surface area contributed by atoms with Gasteiger partial charge in [0.05, 0.1) is 25.3 Å². The summed E-state index contributed by atoms with van der Waals surface area (Å²) >= 11 is 0.